The summed E-state index contributed by atoms with van der Waals surface area (Å²) in [5.41, 5.74) is 0. The second kappa shape index (κ2) is 5.28. The molecule has 0 aromatic heterocycles. The van der Waals surface area contributed by atoms with Crippen LogP contribution in [0.2, 0.25) is 0 Å². The first-order valence-electron chi connectivity index (χ1n) is 3.88. The summed E-state index contributed by atoms with van der Waals surface area (Å²) in [5.74, 6) is 1.19. The normalized spacial score (nSPS) is 17.1. The first-order valence-corrected chi connectivity index (χ1v) is 3.88. The maximum Gasteiger partial charge on any atom is -0.0253 e. The van der Waals surface area contributed by atoms with Gasteiger partial charge in [0.25, 0.3) is 0 Å². The SMILES string of the molecule is [CH]=CC(C)CC(C)C=CC. The highest BCUT2D eigenvalue weighted by molar-refractivity contribution is 4.86. The molecule has 0 aliphatic heterocycles. The molecule has 0 aliphatic rings. The zero-order valence-electron chi connectivity index (χ0n) is 7.17. The summed E-state index contributed by atoms with van der Waals surface area (Å²) in [6.45, 7) is 11.8. The molecular weight excluding hydrogens is 120 g/mol. The van der Waals surface area contributed by atoms with Crippen molar-refractivity contribution in [2.24, 2.45) is 11.8 Å². The van der Waals surface area contributed by atoms with E-state index in [0.717, 1.165) is 6.42 Å². The predicted molar refractivity (Wildman–Crippen MR) is 46.6 cm³/mol. The Morgan fingerprint density at radius 2 is 1.90 bits per heavy atom. The molecular formula is C10H17. The molecule has 2 atom stereocenters. The van der Waals surface area contributed by atoms with Crippen molar-refractivity contribution in [2.75, 3.05) is 0 Å². The van der Waals surface area contributed by atoms with E-state index in [1.807, 2.05) is 6.92 Å². The zero-order chi connectivity index (χ0) is 7.98. The number of hydrogen-bond donors (Lipinski definition) is 0. The van der Waals surface area contributed by atoms with Crippen LogP contribution in [0.15, 0.2) is 18.2 Å². The molecule has 0 aromatic carbocycles. The van der Waals surface area contributed by atoms with Gasteiger partial charge in [-0.1, -0.05) is 38.7 Å². The zero-order valence-corrected chi connectivity index (χ0v) is 7.17. The van der Waals surface area contributed by atoms with Gasteiger partial charge >= 0.3 is 0 Å². The maximum atomic E-state index is 5.37. The Morgan fingerprint density at radius 1 is 1.30 bits per heavy atom. The summed E-state index contributed by atoms with van der Waals surface area (Å²) >= 11 is 0. The summed E-state index contributed by atoms with van der Waals surface area (Å²) in [6, 6.07) is 0. The minimum absolute atomic E-state index is 0.534. The van der Waals surface area contributed by atoms with Crippen molar-refractivity contribution in [1.29, 1.82) is 0 Å². The van der Waals surface area contributed by atoms with Crippen molar-refractivity contribution in [2.45, 2.75) is 27.2 Å². The van der Waals surface area contributed by atoms with Crippen molar-refractivity contribution >= 4 is 0 Å². The molecule has 0 N–H and O–H groups in total. The molecule has 0 heterocycles. The first kappa shape index (κ1) is 9.48. The van der Waals surface area contributed by atoms with Crippen molar-refractivity contribution < 1.29 is 0 Å². The van der Waals surface area contributed by atoms with E-state index in [9.17, 15) is 0 Å². The van der Waals surface area contributed by atoms with Crippen LogP contribution in [0.3, 0.4) is 0 Å². The van der Waals surface area contributed by atoms with Crippen molar-refractivity contribution in [3.05, 3.63) is 24.8 Å². The molecule has 57 valence electrons. The smallest absolute Gasteiger partial charge is 0.0253 e. The van der Waals surface area contributed by atoms with Gasteiger partial charge in [0.1, 0.15) is 0 Å². The van der Waals surface area contributed by atoms with Crippen molar-refractivity contribution in [1.82, 2.24) is 0 Å². The fraction of sp³-hybridized carbons (Fsp3) is 0.600. The van der Waals surface area contributed by atoms with Gasteiger partial charge in [0.05, 0.1) is 0 Å². The lowest BCUT2D eigenvalue weighted by atomic mass is 9.97. The topological polar surface area (TPSA) is 0 Å². The molecule has 0 saturated carbocycles. The summed E-state index contributed by atoms with van der Waals surface area (Å²) in [5, 5.41) is 0. The minimum Gasteiger partial charge on any atom is -0.0914 e. The molecule has 0 spiro atoms. The Kier molecular flexibility index (Phi) is 5.00. The molecule has 0 aromatic rings. The third-order valence-corrected chi connectivity index (χ3v) is 1.59. The molecule has 0 fully saturated rings. The third kappa shape index (κ3) is 4.37. The van der Waals surface area contributed by atoms with E-state index in [-0.39, 0.29) is 0 Å². The molecule has 0 rings (SSSR count). The lowest BCUT2D eigenvalue weighted by Gasteiger charge is -2.08. The van der Waals surface area contributed by atoms with Crippen LogP contribution in [0.5, 0.6) is 0 Å². The Hall–Kier alpha value is -0.520. The average molecular weight is 137 g/mol. The molecule has 1 radical (unpaired) electrons. The third-order valence-electron chi connectivity index (χ3n) is 1.59. The lowest BCUT2D eigenvalue weighted by molar-refractivity contribution is 0.544. The number of allylic oxidation sites excluding steroid dienone is 3. The highest BCUT2D eigenvalue weighted by Crippen LogP contribution is 2.12. The fourth-order valence-electron chi connectivity index (χ4n) is 1.07. The van der Waals surface area contributed by atoms with Crippen LogP contribution in [-0.4, -0.2) is 0 Å². The first-order chi connectivity index (χ1) is 4.70. The molecule has 0 saturated heterocycles. The second-order valence-corrected chi connectivity index (χ2v) is 2.91. The molecule has 0 aliphatic carbocycles. The van der Waals surface area contributed by atoms with Crippen LogP contribution < -0.4 is 0 Å². The van der Waals surface area contributed by atoms with Gasteiger partial charge in [-0.05, 0) is 25.2 Å². The molecule has 0 heteroatoms. The van der Waals surface area contributed by atoms with Crippen LogP contribution >= 0.6 is 0 Å². The van der Waals surface area contributed by atoms with Gasteiger partial charge in [0.2, 0.25) is 0 Å². The van der Waals surface area contributed by atoms with Gasteiger partial charge in [0, 0.05) is 0 Å². The minimum atomic E-state index is 0.534. The van der Waals surface area contributed by atoms with Crippen molar-refractivity contribution in [3.8, 4) is 0 Å². The largest absolute Gasteiger partial charge is 0.0914 e. The molecule has 10 heavy (non-hydrogen) atoms. The van der Waals surface area contributed by atoms with Crippen LogP contribution in [0.4, 0.5) is 0 Å². The van der Waals surface area contributed by atoms with Gasteiger partial charge in [-0.25, -0.2) is 0 Å². The second-order valence-electron chi connectivity index (χ2n) is 2.91. The van der Waals surface area contributed by atoms with E-state index in [1.165, 1.54) is 0 Å². The Balaban J connectivity index is 3.55. The van der Waals surface area contributed by atoms with E-state index in [2.05, 4.69) is 26.0 Å². The highest BCUT2D eigenvalue weighted by atomic mass is 14.1. The fourth-order valence-corrected chi connectivity index (χ4v) is 1.07. The van der Waals surface area contributed by atoms with Crippen LogP contribution in [0, 0.1) is 18.4 Å². The standard InChI is InChI=1S/C10H17/c1-5-7-10(4)8-9(3)6-2/h2,5-7,9-10H,8H2,1,3-4H3. The van der Waals surface area contributed by atoms with E-state index < -0.39 is 0 Å². The molecule has 0 amide bonds. The summed E-state index contributed by atoms with van der Waals surface area (Å²) in [4.78, 5) is 0. The summed E-state index contributed by atoms with van der Waals surface area (Å²) < 4.78 is 0. The lowest BCUT2D eigenvalue weighted by Crippen LogP contribution is -1.96. The van der Waals surface area contributed by atoms with Crippen LogP contribution in [0.25, 0.3) is 0 Å². The molecule has 0 bridgehead atoms. The van der Waals surface area contributed by atoms with E-state index in [4.69, 9.17) is 6.58 Å². The summed E-state index contributed by atoms with van der Waals surface area (Å²) in [6.07, 6.45) is 7.22. The van der Waals surface area contributed by atoms with E-state index >= 15 is 0 Å². The quantitative estimate of drug-likeness (QED) is 0.522. The van der Waals surface area contributed by atoms with Gasteiger partial charge in [0.15, 0.2) is 0 Å². The van der Waals surface area contributed by atoms with Gasteiger partial charge in [-0.15, -0.1) is 0 Å². The Morgan fingerprint density at radius 3 is 2.30 bits per heavy atom. The Labute approximate surface area is 64.6 Å². The number of hydrogen-bond acceptors (Lipinski definition) is 0. The summed E-state index contributed by atoms with van der Waals surface area (Å²) in [7, 11) is 0. The van der Waals surface area contributed by atoms with Gasteiger partial charge < -0.3 is 0 Å². The average Bonchev–Trinajstić information content (AvgIpc) is 1.88. The highest BCUT2D eigenvalue weighted by Gasteiger charge is 2.00. The van der Waals surface area contributed by atoms with Crippen molar-refractivity contribution in [3.63, 3.8) is 0 Å². The monoisotopic (exact) mass is 137 g/mol. The van der Waals surface area contributed by atoms with E-state index in [1.54, 1.807) is 6.08 Å². The maximum absolute atomic E-state index is 5.37. The van der Waals surface area contributed by atoms with Crippen LogP contribution in [0.1, 0.15) is 27.2 Å². The van der Waals surface area contributed by atoms with E-state index in [0.29, 0.717) is 11.8 Å². The van der Waals surface area contributed by atoms with Crippen LogP contribution in [-0.2, 0) is 0 Å². The predicted octanol–water partition coefficient (Wildman–Crippen LogP) is 3.21. The van der Waals surface area contributed by atoms with Gasteiger partial charge in [-0.2, -0.15) is 0 Å². The molecule has 2 unspecified atom stereocenters. The van der Waals surface area contributed by atoms with Gasteiger partial charge in [-0.3, -0.25) is 0 Å². The Bertz CT molecular complexity index is 111. The molecule has 0 nitrogen and oxygen atoms in total. The number of rotatable bonds is 4.